The summed E-state index contributed by atoms with van der Waals surface area (Å²) >= 11 is 0. The third kappa shape index (κ3) is 8.15. The van der Waals surface area contributed by atoms with Gasteiger partial charge in [-0.25, -0.2) is 34.0 Å². The molecule has 0 amide bonds. The SMILES string of the molecule is Nc1nc2c(ncn2[C@@H]2O[C@H](COP(=O)(O)O[C@H]3[C@@H](O)[C@H](n4cnc5c(N)ncnc54)O[C@@H]3COP(=O)(O)O[C@H]3[C@@H](O)[C@H](n4cnc5c(=O)[nH]c(N)nc54)O[C@@H]3CO)[C@@H](O)[C@H]2O)c(=O)[nH]1. The van der Waals surface area contributed by atoms with Gasteiger partial charge in [-0.3, -0.25) is 51.4 Å². The van der Waals surface area contributed by atoms with E-state index in [1.807, 2.05) is 0 Å². The molecule has 9 rings (SSSR count). The number of imidazole rings is 3. The molecule has 6 aromatic heterocycles. The van der Waals surface area contributed by atoms with Crippen molar-refractivity contribution >= 4 is 66.9 Å². The lowest BCUT2D eigenvalue weighted by Gasteiger charge is -2.25. The fraction of sp³-hybridized carbons (Fsp3) is 0.500. The number of phosphoric acid groups is 2. The van der Waals surface area contributed by atoms with Gasteiger partial charge in [-0.1, -0.05) is 0 Å². The highest BCUT2D eigenvalue weighted by Gasteiger charge is 2.53. The zero-order valence-corrected chi connectivity index (χ0v) is 34.4. The molecular weight excluding hydrogens is 920 g/mol. The summed E-state index contributed by atoms with van der Waals surface area (Å²) in [6.45, 7) is -2.86. The van der Waals surface area contributed by atoms with Crippen LogP contribution in [0.15, 0.2) is 34.9 Å². The van der Waals surface area contributed by atoms with Crippen LogP contribution in [-0.2, 0) is 41.4 Å². The summed E-state index contributed by atoms with van der Waals surface area (Å²) < 4.78 is 68.6. The van der Waals surface area contributed by atoms with E-state index in [2.05, 4.69) is 44.9 Å². The van der Waals surface area contributed by atoms with E-state index in [0.717, 1.165) is 39.0 Å². The summed E-state index contributed by atoms with van der Waals surface area (Å²) in [6, 6.07) is 0. The van der Waals surface area contributed by atoms with Crippen molar-refractivity contribution in [2.24, 2.45) is 0 Å². The van der Waals surface area contributed by atoms with Gasteiger partial charge in [0, 0.05) is 0 Å². The normalized spacial score (nSPS) is 31.3. The molecule has 0 aromatic carbocycles. The number of nitrogens with zero attached hydrogens (tertiary/aromatic N) is 10. The van der Waals surface area contributed by atoms with Crippen LogP contribution >= 0.6 is 15.6 Å². The maximum Gasteiger partial charge on any atom is 0.472 e. The number of fused-ring (bicyclic) bond motifs is 3. The van der Waals surface area contributed by atoms with Gasteiger partial charge in [-0.05, 0) is 0 Å². The van der Waals surface area contributed by atoms with Gasteiger partial charge in [0.15, 0.2) is 52.5 Å². The van der Waals surface area contributed by atoms with Crippen LogP contribution in [0.25, 0.3) is 33.5 Å². The van der Waals surface area contributed by atoms with E-state index in [9.17, 15) is 54.0 Å². The first-order valence-corrected chi connectivity index (χ1v) is 21.8. The summed E-state index contributed by atoms with van der Waals surface area (Å²) in [4.78, 5) is 78.8. The number of phosphoric ester groups is 2. The Hall–Kier alpha value is -5.45. The lowest BCUT2D eigenvalue weighted by Crippen LogP contribution is -2.37. The number of H-pyrrole nitrogens is 2. The van der Waals surface area contributed by atoms with E-state index in [1.165, 1.54) is 0 Å². The molecule has 35 heteroatoms. The van der Waals surface area contributed by atoms with E-state index in [1.54, 1.807) is 0 Å². The second-order valence-corrected chi connectivity index (χ2v) is 17.5. The third-order valence-electron chi connectivity index (χ3n) is 10.6. The third-order valence-corrected chi connectivity index (χ3v) is 12.5. The number of anilines is 3. The van der Waals surface area contributed by atoms with E-state index in [0.29, 0.717) is 0 Å². The van der Waals surface area contributed by atoms with E-state index < -0.39 is 120 Å². The Balaban J connectivity index is 0.914. The maximum absolute atomic E-state index is 13.5. The lowest BCUT2D eigenvalue weighted by atomic mass is 10.1. The fourth-order valence-corrected chi connectivity index (χ4v) is 9.48. The molecule has 0 spiro atoms. The Morgan fingerprint density at radius 1 is 0.615 bits per heavy atom. The zero-order chi connectivity index (χ0) is 46.3. The Kier molecular flexibility index (Phi) is 11.5. The van der Waals surface area contributed by atoms with Crippen LogP contribution in [0.5, 0.6) is 0 Å². The van der Waals surface area contributed by atoms with Gasteiger partial charge in [0.1, 0.15) is 66.8 Å². The van der Waals surface area contributed by atoms with Crippen LogP contribution in [0.4, 0.5) is 17.7 Å². The molecule has 0 aliphatic carbocycles. The van der Waals surface area contributed by atoms with Crippen molar-refractivity contribution < 1.29 is 76.8 Å². The number of aliphatic hydroxyl groups excluding tert-OH is 5. The van der Waals surface area contributed by atoms with Crippen molar-refractivity contribution in [3.8, 4) is 0 Å². The first kappa shape index (κ1) is 44.7. The molecule has 3 aliphatic heterocycles. The summed E-state index contributed by atoms with van der Waals surface area (Å²) in [5.41, 5.74) is 15.3. The topological polar surface area (TPSA) is 489 Å². The average Bonchev–Trinajstić information content (AvgIpc) is 4.11. The van der Waals surface area contributed by atoms with Gasteiger partial charge in [-0.15, -0.1) is 0 Å². The van der Waals surface area contributed by atoms with Crippen molar-refractivity contribution in [1.82, 2.24) is 58.6 Å². The maximum atomic E-state index is 13.5. The van der Waals surface area contributed by atoms with Gasteiger partial charge in [0.25, 0.3) is 11.1 Å². The number of aromatic amines is 2. The number of aromatic nitrogens is 12. The van der Waals surface area contributed by atoms with Gasteiger partial charge in [0.2, 0.25) is 11.9 Å². The molecule has 6 aromatic rings. The van der Waals surface area contributed by atoms with Gasteiger partial charge in [-0.2, -0.15) is 9.97 Å². The van der Waals surface area contributed by atoms with E-state index in [-0.39, 0.29) is 51.2 Å². The second kappa shape index (κ2) is 16.8. The molecule has 3 aliphatic rings. The number of rotatable bonds is 14. The number of aliphatic hydroxyl groups is 5. The van der Waals surface area contributed by atoms with Crippen LogP contribution in [0.1, 0.15) is 18.7 Å². The van der Waals surface area contributed by atoms with Crippen LogP contribution in [-0.4, -0.2) is 169 Å². The molecule has 3 fully saturated rings. The van der Waals surface area contributed by atoms with Crippen LogP contribution in [0, 0.1) is 0 Å². The molecule has 2 unspecified atom stereocenters. The predicted octanol–water partition coefficient (Wildman–Crippen LogP) is -5.03. The molecule has 9 heterocycles. The highest BCUT2D eigenvalue weighted by molar-refractivity contribution is 7.47. The van der Waals surface area contributed by atoms with Crippen LogP contribution in [0.3, 0.4) is 0 Å². The Morgan fingerprint density at radius 2 is 1.06 bits per heavy atom. The molecule has 15 N–H and O–H groups in total. The van der Waals surface area contributed by atoms with Gasteiger partial charge >= 0.3 is 15.6 Å². The van der Waals surface area contributed by atoms with Crippen molar-refractivity contribution in [2.75, 3.05) is 37.0 Å². The van der Waals surface area contributed by atoms with Crippen molar-refractivity contribution in [2.45, 2.75) is 73.6 Å². The fourth-order valence-electron chi connectivity index (χ4n) is 7.56. The van der Waals surface area contributed by atoms with Crippen LogP contribution in [0.2, 0.25) is 0 Å². The highest BCUT2D eigenvalue weighted by atomic mass is 31.2. The van der Waals surface area contributed by atoms with Crippen LogP contribution < -0.4 is 28.3 Å². The smallest absolute Gasteiger partial charge is 0.394 e. The van der Waals surface area contributed by atoms with Gasteiger partial charge < -0.3 is 66.7 Å². The number of nitrogens with two attached hydrogens (primary N) is 3. The molecule has 0 saturated carbocycles. The van der Waals surface area contributed by atoms with Crippen molar-refractivity contribution in [1.29, 1.82) is 0 Å². The molecule has 0 radical (unpaired) electrons. The molecule has 33 nitrogen and oxygen atoms in total. The summed E-state index contributed by atoms with van der Waals surface area (Å²) in [5, 5.41) is 54.4. The summed E-state index contributed by atoms with van der Waals surface area (Å²) in [6.07, 6.45) is -15.9. The Bertz CT molecular complexity index is 2980. The molecule has 350 valence electrons. The monoisotopic (exact) mass is 957 g/mol. The second-order valence-electron chi connectivity index (χ2n) is 14.6. The Labute approximate surface area is 358 Å². The zero-order valence-electron chi connectivity index (χ0n) is 32.6. The summed E-state index contributed by atoms with van der Waals surface area (Å²) in [5.74, 6) is -0.650. The predicted molar refractivity (Wildman–Crippen MR) is 209 cm³/mol. The van der Waals surface area contributed by atoms with E-state index >= 15 is 0 Å². The minimum absolute atomic E-state index is 0.0168. The number of hydrogen-bond donors (Lipinski definition) is 12. The Morgan fingerprint density at radius 3 is 1.60 bits per heavy atom. The quantitative estimate of drug-likeness (QED) is 0.0455. The molecule has 65 heavy (non-hydrogen) atoms. The van der Waals surface area contributed by atoms with Gasteiger partial charge in [0.05, 0.1) is 38.8 Å². The minimum atomic E-state index is -5.38. The lowest BCUT2D eigenvalue weighted by molar-refractivity contribution is -0.0618. The molecule has 0 bridgehead atoms. The molecule has 3 saturated heterocycles. The first-order chi connectivity index (χ1) is 30.8. The number of nitrogen functional groups attached to an aromatic ring is 3. The molecular formula is C30H37N15O18P2. The largest absolute Gasteiger partial charge is 0.472 e. The highest BCUT2D eigenvalue weighted by Crippen LogP contribution is 2.52. The number of hydrogen-bond acceptors (Lipinski definition) is 26. The standard InChI is InChI=1S/C30H37N15O18P2/c31-20-11-21(35-4-34-20)43(5-36-11)27-17(50)19(63-64(53,54)57-2-9-14(47)15(48)26(60-9)44-6-37-12-22(44)39-29(32)41-24(12)51)10(61-27)3-58-65(55,56)62-18-8(1-46)59-28(16(18)49)45-7-38-13-23(45)40-30(33)42-25(13)52/h4-10,14-19,26-28,46-50H,1-3H2,(H,53,54)(H,55,56)(H2,31,34,35)(H3,32,39,41,51)(H3,33,40,42,52)/t8-,9-,10-,14-,15-,16-,17-,18-,19-,26-,27-,28-/m1/s1. The van der Waals surface area contributed by atoms with E-state index in [4.69, 9.17) is 49.5 Å². The van der Waals surface area contributed by atoms with Crippen molar-refractivity contribution in [3.63, 3.8) is 0 Å². The molecule has 14 atom stereocenters. The minimum Gasteiger partial charge on any atom is -0.394 e. The first-order valence-electron chi connectivity index (χ1n) is 18.8. The summed E-state index contributed by atoms with van der Waals surface area (Å²) in [7, 11) is -10.8. The number of ether oxygens (including phenoxy) is 3. The number of nitrogens with one attached hydrogen (secondary N) is 2. The average molecular weight is 958 g/mol. The van der Waals surface area contributed by atoms with Crippen molar-refractivity contribution in [3.05, 3.63) is 46.0 Å².